The number of halogens is 2. The Labute approximate surface area is 132 Å². The first-order valence-electron chi connectivity index (χ1n) is 6.62. The van der Waals surface area contributed by atoms with Gasteiger partial charge >= 0.3 is 0 Å². The molecule has 122 valence electrons. The molecule has 0 aromatic heterocycles. The minimum absolute atomic E-state index is 0. The molecule has 0 aliphatic rings. The summed E-state index contributed by atoms with van der Waals surface area (Å²) in [7, 11) is -3.56. The highest BCUT2D eigenvalue weighted by molar-refractivity contribution is 7.88. The minimum Gasteiger partial charge on any atom is -0.329 e. The fraction of sp³-hybridized carbons (Fsp3) is 0.571. The summed E-state index contributed by atoms with van der Waals surface area (Å²) in [6.07, 6.45) is 0.645. The van der Waals surface area contributed by atoms with E-state index in [0.29, 0.717) is 17.9 Å². The van der Waals surface area contributed by atoms with Crippen LogP contribution >= 0.6 is 12.4 Å². The third-order valence-electron chi connectivity index (χ3n) is 2.96. The molecule has 0 saturated carbocycles. The number of nitrogens with two attached hydrogens (primary N) is 1. The Balaban J connectivity index is 0.00000400. The molecule has 0 heterocycles. The van der Waals surface area contributed by atoms with E-state index in [1.54, 1.807) is 13.0 Å². The zero-order valence-corrected chi connectivity index (χ0v) is 14.2. The lowest BCUT2D eigenvalue weighted by Gasteiger charge is -2.30. The van der Waals surface area contributed by atoms with E-state index in [1.165, 1.54) is 18.2 Å². The van der Waals surface area contributed by atoms with Gasteiger partial charge in [0.05, 0.1) is 5.75 Å². The van der Waals surface area contributed by atoms with Gasteiger partial charge in [-0.3, -0.25) is 0 Å². The van der Waals surface area contributed by atoms with Gasteiger partial charge in [0.2, 0.25) is 10.0 Å². The molecule has 1 unspecified atom stereocenters. The van der Waals surface area contributed by atoms with Crippen LogP contribution in [0.1, 0.15) is 32.8 Å². The number of hydrogen-bond acceptors (Lipinski definition) is 3. The van der Waals surface area contributed by atoms with E-state index in [2.05, 4.69) is 4.72 Å². The third kappa shape index (κ3) is 7.22. The van der Waals surface area contributed by atoms with Crippen molar-refractivity contribution in [1.29, 1.82) is 0 Å². The molecule has 1 aromatic rings. The summed E-state index contributed by atoms with van der Waals surface area (Å²) in [6, 6.07) is 5.59. The Morgan fingerprint density at radius 1 is 1.38 bits per heavy atom. The number of sulfonamides is 1. The molecular weight excluding hydrogens is 315 g/mol. The molecule has 21 heavy (non-hydrogen) atoms. The maximum atomic E-state index is 13.1. The first kappa shape index (κ1) is 20.3. The van der Waals surface area contributed by atoms with E-state index in [4.69, 9.17) is 5.73 Å². The molecule has 0 spiro atoms. The van der Waals surface area contributed by atoms with Gasteiger partial charge < -0.3 is 5.73 Å². The second kappa shape index (κ2) is 8.08. The van der Waals surface area contributed by atoms with Gasteiger partial charge in [0, 0.05) is 12.1 Å². The fourth-order valence-electron chi connectivity index (χ4n) is 2.33. The average molecular weight is 339 g/mol. The zero-order chi connectivity index (χ0) is 15.4. The molecule has 0 amide bonds. The van der Waals surface area contributed by atoms with Crippen molar-refractivity contribution in [2.45, 2.75) is 38.5 Å². The van der Waals surface area contributed by atoms with Gasteiger partial charge in [-0.2, -0.15) is 0 Å². The predicted molar refractivity (Wildman–Crippen MR) is 86.3 cm³/mol. The largest absolute Gasteiger partial charge is 0.329 e. The van der Waals surface area contributed by atoms with Crippen LogP contribution < -0.4 is 10.5 Å². The molecule has 4 nitrogen and oxygen atoms in total. The predicted octanol–water partition coefficient (Wildman–Crippen LogP) is 2.43. The van der Waals surface area contributed by atoms with Gasteiger partial charge in [-0.1, -0.05) is 26.0 Å². The van der Waals surface area contributed by atoms with Crippen molar-refractivity contribution >= 4 is 22.4 Å². The SMILES string of the molecule is CC(C)CC(C)(CN)NS(=O)(=O)Cc1cccc(F)c1.Cl. The molecular formula is C14H24ClFN2O2S. The van der Waals surface area contributed by atoms with Crippen molar-refractivity contribution in [1.82, 2.24) is 4.72 Å². The topological polar surface area (TPSA) is 72.2 Å². The Morgan fingerprint density at radius 2 is 2.00 bits per heavy atom. The summed E-state index contributed by atoms with van der Waals surface area (Å²) in [5, 5.41) is 0. The van der Waals surface area contributed by atoms with E-state index in [1.807, 2.05) is 13.8 Å². The van der Waals surface area contributed by atoms with E-state index < -0.39 is 21.4 Å². The highest BCUT2D eigenvalue weighted by Gasteiger charge is 2.29. The number of nitrogens with one attached hydrogen (secondary N) is 1. The maximum absolute atomic E-state index is 13.1. The first-order valence-corrected chi connectivity index (χ1v) is 8.27. The highest BCUT2D eigenvalue weighted by Crippen LogP contribution is 2.18. The van der Waals surface area contributed by atoms with Crippen LogP contribution in [0.4, 0.5) is 4.39 Å². The lowest BCUT2D eigenvalue weighted by molar-refractivity contribution is 0.344. The van der Waals surface area contributed by atoms with Crippen LogP contribution in [0.2, 0.25) is 0 Å². The normalized spacial score (nSPS) is 14.6. The molecule has 1 rings (SSSR count). The Morgan fingerprint density at radius 3 is 2.48 bits per heavy atom. The zero-order valence-electron chi connectivity index (χ0n) is 12.6. The summed E-state index contributed by atoms with van der Waals surface area (Å²) in [6.45, 7) is 6.02. The Bertz CT molecular complexity index is 552. The number of rotatable bonds is 7. The van der Waals surface area contributed by atoms with Crippen LogP contribution in [-0.4, -0.2) is 20.5 Å². The highest BCUT2D eigenvalue weighted by atomic mass is 35.5. The van der Waals surface area contributed by atoms with Gasteiger partial charge in [0.15, 0.2) is 0 Å². The monoisotopic (exact) mass is 338 g/mol. The maximum Gasteiger partial charge on any atom is 0.216 e. The van der Waals surface area contributed by atoms with Crippen LogP contribution in [0.5, 0.6) is 0 Å². The third-order valence-corrected chi connectivity index (χ3v) is 4.47. The molecule has 7 heteroatoms. The second-order valence-electron chi connectivity index (χ2n) is 5.85. The van der Waals surface area contributed by atoms with Crippen LogP contribution in [0.25, 0.3) is 0 Å². The summed E-state index contributed by atoms with van der Waals surface area (Å²) < 4.78 is 40.1. The molecule has 3 N–H and O–H groups in total. The smallest absolute Gasteiger partial charge is 0.216 e. The van der Waals surface area contributed by atoms with Crippen LogP contribution in [-0.2, 0) is 15.8 Å². The van der Waals surface area contributed by atoms with E-state index in [-0.39, 0.29) is 24.7 Å². The minimum atomic E-state index is -3.56. The van der Waals surface area contributed by atoms with Crippen LogP contribution in [0.3, 0.4) is 0 Å². The van der Waals surface area contributed by atoms with Gasteiger partial charge in [-0.05, 0) is 37.0 Å². The van der Waals surface area contributed by atoms with Crippen LogP contribution in [0.15, 0.2) is 24.3 Å². The van der Waals surface area contributed by atoms with Crippen molar-refractivity contribution in [3.05, 3.63) is 35.6 Å². The van der Waals surface area contributed by atoms with Crippen molar-refractivity contribution in [3.8, 4) is 0 Å². The summed E-state index contributed by atoms with van der Waals surface area (Å²) in [4.78, 5) is 0. The molecule has 0 saturated heterocycles. The Kier molecular flexibility index (Phi) is 7.81. The standard InChI is InChI=1S/C14H23FN2O2S.ClH/c1-11(2)8-14(3,10-16)17-20(18,19)9-12-5-4-6-13(15)7-12;/h4-7,11,17H,8-10,16H2,1-3H3;1H. The molecule has 0 bridgehead atoms. The molecule has 0 radical (unpaired) electrons. The van der Waals surface area contributed by atoms with Gasteiger partial charge in [-0.15, -0.1) is 12.4 Å². The van der Waals surface area contributed by atoms with Crippen molar-refractivity contribution in [2.24, 2.45) is 11.7 Å². The molecule has 0 fully saturated rings. The lowest BCUT2D eigenvalue weighted by Crippen LogP contribution is -2.52. The van der Waals surface area contributed by atoms with Crippen molar-refractivity contribution in [2.75, 3.05) is 6.54 Å². The van der Waals surface area contributed by atoms with Crippen molar-refractivity contribution < 1.29 is 12.8 Å². The van der Waals surface area contributed by atoms with E-state index in [0.717, 1.165) is 0 Å². The summed E-state index contributed by atoms with van der Waals surface area (Å²) in [5.41, 5.74) is 5.43. The van der Waals surface area contributed by atoms with E-state index >= 15 is 0 Å². The molecule has 1 atom stereocenters. The second-order valence-corrected chi connectivity index (χ2v) is 7.58. The van der Waals surface area contributed by atoms with Gasteiger partial charge in [0.1, 0.15) is 5.82 Å². The van der Waals surface area contributed by atoms with E-state index in [9.17, 15) is 12.8 Å². The number of hydrogen-bond donors (Lipinski definition) is 2. The number of benzene rings is 1. The molecule has 1 aromatic carbocycles. The fourth-order valence-corrected chi connectivity index (χ4v) is 3.93. The molecule has 0 aliphatic heterocycles. The molecule has 0 aliphatic carbocycles. The summed E-state index contributed by atoms with van der Waals surface area (Å²) in [5.74, 6) is -0.375. The van der Waals surface area contributed by atoms with Gasteiger partial charge in [0.25, 0.3) is 0 Å². The first-order chi connectivity index (χ1) is 9.16. The Hall–Kier alpha value is -0.690. The lowest BCUT2D eigenvalue weighted by atomic mass is 9.92. The van der Waals surface area contributed by atoms with Crippen molar-refractivity contribution in [3.63, 3.8) is 0 Å². The quantitative estimate of drug-likeness (QED) is 0.802. The van der Waals surface area contributed by atoms with Gasteiger partial charge in [-0.25, -0.2) is 17.5 Å². The van der Waals surface area contributed by atoms with Crippen LogP contribution in [0, 0.1) is 11.7 Å². The average Bonchev–Trinajstić information content (AvgIpc) is 2.26. The summed E-state index contributed by atoms with van der Waals surface area (Å²) >= 11 is 0.